The van der Waals surface area contributed by atoms with E-state index in [1.807, 2.05) is 0 Å². The molecule has 1 fully saturated rings. The number of hydrogen-bond acceptors (Lipinski definition) is 4. The number of hydrogen-bond donors (Lipinski definition) is 3. The van der Waals surface area contributed by atoms with E-state index in [0.717, 1.165) is 12.8 Å². The largest absolute Gasteiger partial charge is 0.325 e. The van der Waals surface area contributed by atoms with Gasteiger partial charge in [-0.2, -0.15) is 5.10 Å². The number of H-pyrrole nitrogens is 1. The van der Waals surface area contributed by atoms with Gasteiger partial charge in [-0.05, 0) is 25.2 Å². The quantitative estimate of drug-likeness (QED) is 0.752. The summed E-state index contributed by atoms with van der Waals surface area (Å²) in [6.45, 7) is 4.41. The molecule has 1 saturated carbocycles. The first-order valence-electron chi connectivity index (χ1n) is 6.61. The molecule has 0 spiro atoms. The van der Waals surface area contributed by atoms with Crippen LogP contribution in [-0.2, 0) is 16.6 Å². The minimum Gasteiger partial charge on any atom is -0.325 e. The second-order valence-corrected chi connectivity index (χ2v) is 7.37. The number of aromatic amines is 1. The third-order valence-electron chi connectivity index (χ3n) is 3.92. The van der Waals surface area contributed by atoms with Gasteiger partial charge in [0.25, 0.3) is 0 Å². The Labute approximate surface area is 114 Å². The van der Waals surface area contributed by atoms with Gasteiger partial charge in [-0.25, -0.2) is 13.1 Å². The number of aromatic nitrogens is 2. The Morgan fingerprint density at radius 2 is 2.05 bits per heavy atom. The fraction of sp³-hybridized carbons (Fsp3) is 0.750. The second-order valence-electron chi connectivity index (χ2n) is 5.67. The molecule has 19 heavy (non-hydrogen) atoms. The molecule has 7 heteroatoms. The van der Waals surface area contributed by atoms with Gasteiger partial charge in [0.2, 0.25) is 10.0 Å². The summed E-state index contributed by atoms with van der Waals surface area (Å²) < 4.78 is 27.4. The number of sulfonamides is 1. The number of nitrogens with zero attached hydrogens (tertiary/aromatic N) is 1. The highest BCUT2D eigenvalue weighted by Crippen LogP contribution is 2.37. The van der Waals surface area contributed by atoms with Gasteiger partial charge in [0.05, 0.1) is 11.4 Å². The van der Waals surface area contributed by atoms with E-state index in [1.165, 1.54) is 12.8 Å². The maximum Gasteiger partial charge on any atom is 0.244 e. The molecule has 4 N–H and O–H groups in total. The first kappa shape index (κ1) is 14.5. The Hall–Kier alpha value is -0.920. The van der Waals surface area contributed by atoms with E-state index in [0.29, 0.717) is 17.9 Å². The Balaban J connectivity index is 2.16. The van der Waals surface area contributed by atoms with E-state index in [-0.39, 0.29) is 16.9 Å². The van der Waals surface area contributed by atoms with Crippen molar-refractivity contribution in [2.45, 2.75) is 51.0 Å². The van der Waals surface area contributed by atoms with Gasteiger partial charge in [-0.3, -0.25) is 5.10 Å². The molecule has 0 bridgehead atoms. The molecule has 1 aliphatic rings. The van der Waals surface area contributed by atoms with E-state index >= 15 is 0 Å². The zero-order valence-electron chi connectivity index (χ0n) is 11.5. The summed E-state index contributed by atoms with van der Waals surface area (Å²) in [5, 5.41) is 6.61. The van der Waals surface area contributed by atoms with Gasteiger partial charge >= 0.3 is 0 Å². The third kappa shape index (κ3) is 2.98. The molecule has 0 saturated heterocycles. The van der Waals surface area contributed by atoms with Crippen LogP contribution < -0.4 is 10.5 Å². The van der Waals surface area contributed by atoms with Crippen LogP contribution in [0.3, 0.4) is 0 Å². The summed E-state index contributed by atoms with van der Waals surface area (Å²) >= 11 is 0. The summed E-state index contributed by atoms with van der Waals surface area (Å²) in [7, 11) is -3.54. The van der Waals surface area contributed by atoms with Crippen molar-refractivity contribution in [3.8, 4) is 0 Å². The average Bonchev–Trinajstić information content (AvgIpc) is 2.94. The zero-order valence-corrected chi connectivity index (χ0v) is 12.3. The Morgan fingerprint density at radius 3 is 2.63 bits per heavy atom. The van der Waals surface area contributed by atoms with Gasteiger partial charge in [-0.15, -0.1) is 0 Å². The monoisotopic (exact) mass is 286 g/mol. The van der Waals surface area contributed by atoms with Crippen molar-refractivity contribution in [3.63, 3.8) is 0 Å². The third-order valence-corrected chi connectivity index (χ3v) is 5.53. The summed E-state index contributed by atoms with van der Waals surface area (Å²) in [6, 6.07) is 0. The van der Waals surface area contributed by atoms with E-state index in [2.05, 4.69) is 21.8 Å². The Kier molecular flexibility index (Phi) is 3.98. The number of nitrogens with two attached hydrogens (primary N) is 1. The first-order valence-corrected chi connectivity index (χ1v) is 8.10. The summed E-state index contributed by atoms with van der Waals surface area (Å²) in [6.07, 6.45) is 4.50. The molecule has 1 aromatic rings. The lowest BCUT2D eigenvalue weighted by Gasteiger charge is -2.23. The molecule has 0 atom stereocenters. The van der Waals surface area contributed by atoms with Crippen LogP contribution in [0.1, 0.15) is 44.0 Å². The lowest BCUT2D eigenvalue weighted by molar-refractivity contribution is 0.336. The average molecular weight is 286 g/mol. The van der Waals surface area contributed by atoms with Crippen LogP contribution in [0, 0.1) is 12.3 Å². The van der Waals surface area contributed by atoms with Crippen molar-refractivity contribution >= 4 is 10.0 Å². The van der Waals surface area contributed by atoms with Crippen molar-refractivity contribution in [1.82, 2.24) is 14.9 Å². The second kappa shape index (κ2) is 5.22. The fourth-order valence-corrected chi connectivity index (χ4v) is 4.28. The van der Waals surface area contributed by atoms with Gasteiger partial charge in [0.1, 0.15) is 4.90 Å². The predicted octanol–water partition coefficient (Wildman–Crippen LogP) is 1.04. The zero-order chi connectivity index (χ0) is 14.1. The Bertz CT molecular complexity index is 544. The molecule has 108 valence electrons. The normalized spacial score (nSPS) is 18.9. The van der Waals surface area contributed by atoms with Gasteiger partial charge in [0.15, 0.2) is 0 Å². The molecule has 0 amide bonds. The van der Waals surface area contributed by atoms with Crippen molar-refractivity contribution in [2.24, 2.45) is 11.1 Å². The molecule has 0 aliphatic heterocycles. The van der Waals surface area contributed by atoms with Gasteiger partial charge < -0.3 is 5.73 Å². The maximum absolute atomic E-state index is 12.4. The van der Waals surface area contributed by atoms with Gasteiger partial charge in [-0.1, -0.05) is 19.8 Å². The van der Waals surface area contributed by atoms with Crippen LogP contribution in [0.25, 0.3) is 0 Å². The molecule has 0 aromatic carbocycles. The molecular formula is C12H22N4O2S. The first-order chi connectivity index (χ1) is 8.88. The van der Waals surface area contributed by atoms with Crippen LogP contribution in [-0.4, -0.2) is 25.2 Å². The van der Waals surface area contributed by atoms with Crippen LogP contribution in [0.2, 0.25) is 0 Å². The topological polar surface area (TPSA) is 101 Å². The minimum absolute atomic E-state index is 0.0770. The van der Waals surface area contributed by atoms with Crippen LogP contribution in [0.5, 0.6) is 0 Å². The van der Waals surface area contributed by atoms with E-state index in [1.54, 1.807) is 6.92 Å². The molecule has 2 rings (SSSR count). The summed E-state index contributed by atoms with van der Waals surface area (Å²) in [4.78, 5) is 0.205. The molecule has 1 aromatic heterocycles. The molecule has 0 unspecified atom stereocenters. The van der Waals surface area contributed by atoms with Crippen molar-refractivity contribution in [2.75, 3.05) is 6.54 Å². The van der Waals surface area contributed by atoms with Crippen molar-refractivity contribution in [1.29, 1.82) is 0 Å². The maximum atomic E-state index is 12.4. The highest BCUT2D eigenvalue weighted by molar-refractivity contribution is 7.89. The lowest BCUT2D eigenvalue weighted by atomic mass is 9.89. The van der Waals surface area contributed by atoms with Gasteiger partial charge in [0, 0.05) is 13.1 Å². The molecule has 0 radical (unpaired) electrons. The van der Waals surface area contributed by atoms with E-state index in [9.17, 15) is 8.42 Å². The van der Waals surface area contributed by atoms with E-state index < -0.39 is 10.0 Å². The van der Waals surface area contributed by atoms with Crippen LogP contribution in [0.15, 0.2) is 4.90 Å². The molecule has 1 aliphatic carbocycles. The fourth-order valence-electron chi connectivity index (χ4n) is 2.71. The van der Waals surface area contributed by atoms with Crippen molar-refractivity contribution < 1.29 is 8.42 Å². The highest BCUT2D eigenvalue weighted by Gasteiger charge is 2.31. The molecular weight excluding hydrogens is 264 g/mol. The number of rotatable bonds is 5. The molecule has 1 heterocycles. The summed E-state index contributed by atoms with van der Waals surface area (Å²) in [5.41, 5.74) is 6.53. The Morgan fingerprint density at radius 1 is 1.42 bits per heavy atom. The minimum atomic E-state index is -3.54. The predicted molar refractivity (Wildman–Crippen MR) is 73.0 cm³/mol. The molecule has 6 nitrogen and oxygen atoms in total. The van der Waals surface area contributed by atoms with Crippen LogP contribution in [0.4, 0.5) is 0 Å². The smallest absolute Gasteiger partial charge is 0.244 e. The highest BCUT2D eigenvalue weighted by atomic mass is 32.2. The number of nitrogens with one attached hydrogen (secondary N) is 2. The number of aryl methyl sites for hydroxylation is 1. The standard InChI is InChI=1S/C12H22N4O2S/c1-9-11(10(7-13)16-15-9)19(17,18)14-8-12(2)5-3-4-6-12/h14H,3-8,13H2,1-2H3,(H,15,16). The van der Waals surface area contributed by atoms with E-state index in [4.69, 9.17) is 5.73 Å². The SMILES string of the molecule is Cc1[nH]nc(CN)c1S(=O)(=O)NCC1(C)CCCC1. The summed E-state index contributed by atoms with van der Waals surface area (Å²) in [5.74, 6) is 0. The van der Waals surface area contributed by atoms with Crippen LogP contribution >= 0.6 is 0 Å². The lowest BCUT2D eigenvalue weighted by Crippen LogP contribution is -2.34. The van der Waals surface area contributed by atoms with Crippen molar-refractivity contribution in [3.05, 3.63) is 11.4 Å².